The van der Waals surface area contributed by atoms with E-state index in [9.17, 15) is 8.42 Å². The van der Waals surface area contributed by atoms with Crippen LogP contribution in [0.3, 0.4) is 0 Å². The van der Waals surface area contributed by atoms with Crippen molar-refractivity contribution in [2.75, 3.05) is 6.54 Å². The van der Waals surface area contributed by atoms with E-state index in [2.05, 4.69) is 6.92 Å². The summed E-state index contributed by atoms with van der Waals surface area (Å²) >= 11 is 5.80. The molecule has 0 saturated carbocycles. The Morgan fingerprint density at radius 2 is 2.05 bits per heavy atom. The second-order valence-electron chi connectivity index (χ2n) is 5.38. The van der Waals surface area contributed by atoms with Crippen LogP contribution in [-0.2, 0) is 21.7 Å². The first-order valence-electron chi connectivity index (χ1n) is 7.20. The van der Waals surface area contributed by atoms with Crippen LogP contribution in [0.25, 0.3) is 0 Å². The summed E-state index contributed by atoms with van der Waals surface area (Å²) < 4.78 is 26.9. The standard InChI is InChI=1S/C15H22ClNO2S/c1-2-15-8-3-4-9-17(15)20(18,19)12-14-7-5-6-13(10-14)11-16/h5-7,10,15H,2-4,8-9,11-12H2,1H3. The summed E-state index contributed by atoms with van der Waals surface area (Å²) in [6.07, 6.45) is 3.97. The molecule has 0 amide bonds. The van der Waals surface area contributed by atoms with Crippen LogP contribution in [0.2, 0.25) is 0 Å². The number of hydrogen-bond donors (Lipinski definition) is 0. The van der Waals surface area contributed by atoms with Gasteiger partial charge in [0.2, 0.25) is 10.0 Å². The average Bonchev–Trinajstić information content (AvgIpc) is 2.47. The van der Waals surface area contributed by atoms with Gasteiger partial charge in [-0.25, -0.2) is 8.42 Å². The van der Waals surface area contributed by atoms with Crippen LogP contribution in [0.15, 0.2) is 24.3 Å². The maximum Gasteiger partial charge on any atom is 0.218 e. The molecule has 0 N–H and O–H groups in total. The minimum Gasteiger partial charge on any atom is -0.212 e. The summed E-state index contributed by atoms with van der Waals surface area (Å²) in [6, 6.07) is 7.70. The summed E-state index contributed by atoms with van der Waals surface area (Å²) in [6.45, 7) is 2.72. The predicted octanol–water partition coefficient (Wildman–Crippen LogP) is 3.52. The smallest absolute Gasteiger partial charge is 0.212 e. The van der Waals surface area contributed by atoms with Crippen LogP contribution in [0.4, 0.5) is 0 Å². The normalized spacial score (nSPS) is 21.0. The third-order valence-corrected chi connectivity index (χ3v) is 6.10. The molecule has 1 saturated heterocycles. The Morgan fingerprint density at radius 3 is 2.75 bits per heavy atom. The van der Waals surface area contributed by atoms with E-state index in [0.29, 0.717) is 12.4 Å². The highest BCUT2D eigenvalue weighted by molar-refractivity contribution is 7.88. The summed E-state index contributed by atoms with van der Waals surface area (Å²) in [5.41, 5.74) is 1.79. The van der Waals surface area contributed by atoms with E-state index >= 15 is 0 Å². The lowest BCUT2D eigenvalue weighted by Crippen LogP contribution is -2.43. The SMILES string of the molecule is CCC1CCCCN1S(=O)(=O)Cc1cccc(CCl)c1. The van der Waals surface area contributed by atoms with Crippen molar-refractivity contribution in [1.29, 1.82) is 0 Å². The van der Waals surface area contributed by atoms with Crippen molar-refractivity contribution in [2.45, 2.75) is 50.3 Å². The molecule has 5 heteroatoms. The molecule has 1 aromatic rings. The van der Waals surface area contributed by atoms with Gasteiger partial charge in [-0.3, -0.25) is 0 Å². The Labute approximate surface area is 127 Å². The molecular weight excluding hydrogens is 294 g/mol. The number of alkyl halides is 1. The zero-order valence-electron chi connectivity index (χ0n) is 11.9. The van der Waals surface area contributed by atoms with Crippen molar-refractivity contribution in [2.24, 2.45) is 0 Å². The summed E-state index contributed by atoms with van der Waals surface area (Å²) in [4.78, 5) is 0. The Hall–Kier alpha value is -0.580. The molecule has 1 aliphatic heterocycles. The highest BCUT2D eigenvalue weighted by Gasteiger charge is 2.31. The predicted molar refractivity (Wildman–Crippen MR) is 83.3 cm³/mol. The fourth-order valence-electron chi connectivity index (χ4n) is 2.84. The maximum absolute atomic E-state index is 12.6. The Morgan fingerprint density at radius 1 is 1.30 bits per heavy atom. The maximum atomic E-state index is 12.6. The molecule has 3 nitrogen and oxygen atoms in total. The molecule has 0 spiro atoms. The number of benzene rings is 1. The Bertz CT molecular complexity index is 545. The van der Waals surface area contributed by atoms with Crippen LogP contribution in [0.5, 0.6) is 0 Å². The van der Waals surface area contributed by atoms with Crippen LogP contribution in [0, 0.1) is 0 Å². The Balaban J connectivity index is 2.17. The first kappa shape index (κ1) is 15.8. The van der Waals surface area contributed by atoms with E-state index in [1.807, 2.05) is 24.3 Å². The lowest BCUT2D eigenvalue weighted by molar-refractivity contribution is 0.246. The van der Waals surface area contributed by atoms with Crippen molar-refractivity contribution in [3.05, 3.63) is 35.4 Å². The lowest BCUT2D eigenvalue weighted by Gasteiger charge is -2.34. The number of nitrogens with zero attached hydrogens (tertiary/aromatic N) is 1. The molecule has 2 rings (SSSR count). The molecule has 0 aliphatic carbocycles. The molecule has 1 aromatic carbocycles. The summed E-state index contributed by atoms with van der Waals surface area (Å²) in [5, 5.41) is 0. The number of hydrogen-bond acceptors (Lipinski definition) is 2. The van der Waals surface area contributed by atoms with Gasteiger partial charge in [0.15, 0.2) is 0 Å². The van der Waals surface area contributed by atoms with E-state index in [0.717, 1.165) is 36.8 Å². The zero-order chi connectivity index (χ0) is 14.6. The van der Waals surface area contributed by atoms with Gasteiger partial charge in [-0.15, -0.1) is 11.6 Å². The molecule has 0 radical (unpaired) electrons. The summed E-state index contributed by atoms with van der Waals surface area (Å²) in [7, 11) is -3.23. The van der Waals surface area contributed by atoms with Crippen molar-refractivity contribution in [3.8, 4) is 0 Å². The zero-order valence-corrected chi connectivity index (χ0v) is 13.5. The monoisotopic (exact) mass is 315 g/mol. The van der Waals surface area contributed by atoms with Gasteiger partial charge in [-0.05, 0) is 30.4 Å². The second kappa shape index (κ2) is 6.92. The number of sulfonamides is 1. The molecular formula is C15H22ClNO2S. The van der Waals surface area contributed by atoms with Gasteiger partial charge in [0.25, 0.3) is 0 Å². The molecule has 0 aromatic heterocycles. The van der Waals surface area contributed by atoms with Gasteiger partial charge in [0.1, 0.15) is 0 Å². The molecule has 1 atom stereocenters. The van der Waals surface area contributed by atoms with Crippen molar-refractivity contribution >= 4 is 21.6 Å². The minimum atomic E-state index is -3.23. The fourth-order valence-corrected chi connectivity index (χ4v) is 4.89. The Kier molecular flexibility index (Phi) is 5.47. The van der Waals surface area contributed by atoms with Gasteiger partial charge in [-0.2, -0.15) is 4.31 Å². The van der Waals surface area contributed by atoms with E-state index < -0.39 is 10.0 Å². The van der Waals surface area contributed by atoms with Gasteiger partial charge >= 0.3 is 0 Å². The first-order valence-corrected chi connectivity index (χ1v) is 9.34. The fraction of sp³-hybridized carbons (Fsp3) is 0.600. The molecule has 1 aliphatic rings. The van der Waals surface area contributed by atoms with E-state index in [1.54, 1.807) is 4.31 Å². The van der Waals surface area contributed by atoms with Crippen molar-refractivity contribution in [3.63, 3.8) is 0 Å². The third kappa shape index (κ3) is 3.74. The van der Waals surface area contributed by atoms with Gasteiger partial charge in [0.05, 0.1) is 5.75 Å². The molecule has 1 heterocycles. The van der Waals surface area contributed by atoms with Crippen LogP contribution in [0.1, 0.15) is 43.7 Å². The highest BCUT2D eigenvalue weighted by Crippen LogP contribution is 2.25. The van der Waals surface area contributed by atoms with Crippen LogP contribution in [-0.4, -0.2) is 25.3 Å². The van der Waals surface area contributed by atoms with E-state index in [4.69, 9.17) is 11.6 Å². The van der Waals surface area contributed by atoms with Gasteiger partial charge in [0, 0.05) is 18.5 Å². The van der Waals surface area contributed by atoms with Crippen molar-refractivity contribution in [1.82, 2.24) is 4.31 Å². The molecule has 112 valence electrons. The van der Waals surface area contributed by atoms with Crippen molar-refractivity contribution < 1.29 is 8.42 Å². The molecule has 1 fully saturated rings. The second-order valence-corrected chi connectivity index (χ2v) is 7.57. The largest absolute Gasteiger partial charge is 0.218 e. The average molecular weight is 316 g/mol. The van der Waals surface area contributed by atoms with E-state index in [1.165, 1.54) is 0 Å². The molecule has 1 unspecified atom stereocenters. The third-order valence-electron chi connectivity index (χ3n) is 3.90. The van der Waals surface area contributed by atoms with Gasteiger partial charge in [-0.1, -0.05) is 37.6 Å². The molecule has 20 heavy (non-hydrogen) atoms. The number of piperidine rings is 1. The van der Waals surface area contributed by atoms with E-state index in [-0.39, 0.29) is 11.8 Å². The number of rotatable bonds is 5. The highest BCUT2D eigenvalue weighted by atomic mass is 35.5. The lowest BCUT2D eigenvalue weighted by atomic mass is 10.0. The number of halogens is 1. The first-order chi connectivity index (χ1) is 9.56. The topological polar surface area (TPSA) is 37.4 Å². The van der Waals surface area contributed by atoms with Gasteiger partial charge < -0.3 is 0 Å². The molecule has 0 bridgehead atoms. The summed E-state index contributed by atoms with van der Waals surface area (Å²) in [5.74, 6) is 0.489. The van der Waals surface area contributed by atoms with Crippen LogP contribution < -0.4 is 0 Å². The van der Waals surface area contributed by atoms with Crippen LogP contribution >= 0.6 is 11.6 Å². The quantitative estimate of drug-likeness (QED) is 0.780. The minimum absolute atomic E-state index is 0.0776.